The molecule has 36 heavy (non-hydrogen) atoms. The Morgan fingerprint density at radius 1 is 1.00 bits per heavy atom. The zero-order valence-corrected chi connectivity index (χ0v) is 20.0. The third-order valence-corrected chi connectivity index (χ3v) is 6.11. The van der Waals surface area contributed by atoms with Crippen LogP contribution < -0.4 is 9.64 Å². The molecule has 3 aromatic carbocycles. The molecule has 184 valence electrons. The molecule has 1 aliphatic rings. The SMILES string of the molecule is COC(=O)Cc1ccc(N2C(=O)C(=O)/C(=C(\O)c3ccc(OC)cc3C)C2c2cccc(O)c2)cc1. The molecule has 1 fully saturated rings. The predicted molar refractivity (Wildman–Crippen MR) is 133 cm³/mol. The molecule has 8 heteroatoms. The van der Waals surface area contributed by atoms with Crippen molar-refractivity contribution in [2.24, 2.45) is 0 Å². The van der Waals surface area contributed by atoms with Crippen LogP contribution in [0.2, 0.25) is 0 Å². The van der Waals surface area contributed by atoms with Gasteiger partial charge in [0.15, 0.2) is 0 Å². The topological polar surface area (TPSA) is 113 Å². The molecule has 0 aromatic heterocycles. The van der Waals surface area contributed by atoms with E-state index in [-0.39, 0.29) is 23.5 Å². The minimum absolute atomic E-state index is 0.0489. The molecule has 1 saturated heterocycles. The molecular formula is C28H25NO7. The number of hydrogen-bond acceptors (Lipinski definition) is 7. The summed E-state index contributed by atoms with van der Waals surface area (Å²) in [5, 5.41) is 21.4. The maximum absolute atomic E-state index is 13.3. The molecule has 1 aliphatic heterocycles. The first-order chi connectivity index (χ1) is 17.2. The van der Waals surface area contributed by atoms with Gasteiger partial charge < -0.3 is 19.7 Å². The Bertz CT molecular complexity index is 1370. The minimum Gasteiger partial charge on any atom is -0.508 e. The average Bonchev–Trinajstić information content (AvgIpc) is 3.14. The molecule has 0 saturated carbocycles. The molecule has 0 aliphatic carbocycles. The number of aromatic hydroxyl groups is 1. The second-order valence-electron chi connectivity index (χ2n) is 8.36. The van der Waals surface area contributed by atoms with Crippen LogP contribution in [-0.2, 0) is 25.5 Å². The number of phenolic OH excluding ortho intramolecular Hbond substituents is 1. The largest absolute Gasteiger partial charge is 0.508 e. The Balaban J connectivity index is 1.87. The van der Waals surface area contributed by atoms with Crippen molar-refractivity contribution in [1.29, 1.82) is 0 Å². The van der Waals surface area contributed by atoms with Gasteiger partial charge in [0.1, 0.15) is 17.3 Å². The average molecular weight is 488 g/mol. The summed E-state index contributed by atoms with van der Waals surface area (Å²) >= 11 is 0. The van der Waals surface area contributed by atoms with Gasteiger partial charge in [-0.2, -0.15) is 0 Å². The van der Waals surface area contributed by atoms with Crippen LogP contribution in [-0.4, -0.2) is 42.1 Å². The fourth-order valence-electron chi connectivity index (χ4n) is 4.30. The lowest BCUT2D eigenvalue weighted by atomic mass is 9.93. The smallest absolute Gasteiger partial charge is 0.309 e. The molecular weight excluding hydrogens is 462 g/mol. The Kier molecular flexibility index (Phi) is 6.78. The van der Waals surface area contributed by atoms with Crippen LogP contribution in [0.1, 0.15) is 28.3 Å². The first-order valence-electron chi connectivity index (χ1n) is 11.2. The molecule has 4 rings (SSSR count). The number of nitrogens with zero attached hydrogens (tertiary/aromatic N) is 1. The van der Waals surface area contributed by atoms with Crippen molar-refractivity contribution in [2.45, 2.75) is 19.4 Å². The van der Waals surface area contributed by atoms with Crippen molar-refractivity contribution in [2.75, 3.05) is 19.1 Å². The van der Waals surface area contributed by atoms with Crippen LogP contribution in [0.4, 0.5) is 5.69 Å². The Labute approximate surface area is 208 Å². The number of carbonyl (C=O) groups is 3. The minimum atomic E-state index is -0.995. The van der Waals surface area contributed by atoms with Gasteiger partial charge in [0, 0.05) is 11.3 Å². The van der Waals surface area contributed by atoms with E-state index >= 15 is 0 Å². The van der Waals surface area contributed by atoms with E-state index in [4.69, 9.17) is 9.47 Å². The van der Waals surface area contributed by atoms with Crippen molar-refractivity contribution in [3.8, 4) is 11.5 Å². The number of amides is 1. The lowest BCUT2D eigenvalue weighted by molar-refractivity contribution is -0.139. The van der Waals surface area contributed by atoms with Crippen molar-refractivity contribution >= 4 is 29.1 Å². The number of rotatable bonds is 6. The monoisotopic (exact) mass is 487 g/mol. The predicted octanol–water partition coefficient (Wildman–Crippen LogP) is 4.05. The van der Waals surface area contributed by atoms with E-state index < -0.39 is 23.7 Å². The third-order valence-electron chi connectivity index (χ3n) is 6.11. The van der Waals surface area contributed by atoms with Gasteiger partial charge in [0.05, 0.1) is 32.3 Å². The van der Waals surface area contributed by atoms with E-state index in [2.05, 4.69) is 0 Å². The number of methoxy groups -OCH3 is 2. The molecule has 1 heterocycles. The number of aryl methyl sites for hydroxylation is 1. The second-order valence-corrected chi connectivity index (χ2v) is 8.36. The number of hydrogen-bond donors (Lipinski definition) is 2. The van der Waals surface area contributed by atoms with E-state index in [1.807, 2.05) is 0 Å². The van der Waals surface area contributed by atoms with Gasteiger partial charge in [-0.1, -0.05) is 24.3 Å². The quantitative estimate of drug-likeness (QED) is 0.233. The Morgan fingerprint density at radius 3 is 2.33 bits per heavy atom. The van der Waals surface area contributed by atoms with Crippen LogP contribution in [0.5, 0.6) is 11.5 Å². The molecule has 1 unspecified atom stereocenters. The van der Waals surface area contributed by atoms with Crippen LogP contribution in [0, 0.1) is 6.92 Å². The number of benzene rings is 3. The number of aliphatic hydroxyl groups excluding tert-OH is 1. The molecule has 2 N–H and O–H groups in total. The van der Waals surface area contributed by atoms with Crippen LogP contribution in [0.3, 0.4) is 0 Å². The standard InChI is InChI=1S/C28H25NO7/c1-16-13-21(35-2)11-12-22(16)26(32)24-25(18-5-4-6-20(30)15-18)29(28(34)27(24)33)19-9-7-17(8-10-19)14-23(31)36-3/h4-13,15,25,30,32H,14H2,1-3H3/b26-24-. The number of aliphatic hydroxyl groups is 1. The maximum Gasteiger partial charge on any atom is 0.309 e. The summed E-state index contributed by atoms with van der Waals surface area (Å²) in [6.07, 6.45) is 0.0579. The zero-order chi connectivity index (χ0) is 26.0. The number of ketones is 1. The van der Waals surface area contributed by atoms with E-state index in [0.29, 0.717) is 33.7 Å². The first kappa shape index (κ1) is 24.5. The third kappa shape index (κ3) is 4.53. The van der Waals surface area contributed by atoms with Gasteiger partial charge in [-0.05, 0) is 66.1 Å². The van der Waals surface area contributed by atoms with Gasteiger partial charge >= 0.3 is 5.97 Å². The molecule has 1 amide bonds. The second kappa shape index (κ2) is 9.95. The first-order valence-corrected chi connectivity index (χ1v) is 11.2. The van der Waals surface area contributed by atoms with Crippen LogP contribution >= 0.6 is 0 Å². The van der Waals surface area contributed by atoms with Crippen molar-refractivity contribution in [1.82, 2.24) is 0 Å². The Hall–Kier alpha value is -4.59. The van der Waals surface area contributed by atoms with E-state index in [1.54, 1.807) is 61.5 Å². The summed E-state index contributed by atoms with van der Waals surface area (Å²) < 4.78 is 9.92. The molecule has 1 atom stereocenters. The van der Waals surface area contributed by atoms with E-state index in [9.17, 15) is 24.6 Å². The van der Waals surface area contributed by atoms with Crippen molar-refractivity contribution < 1.29 is 34.1 Å². The number of ether oxygens (including phenoxy) is 2. The highest BCUT2D eigenvalue weighted by Crippen LogP contribution is 2.43. The van der Waals surface area contributed by atoms with Gasteiger partial charge in [-0.25, -0.2) is 0 Å². The molecule has 8 nitrogen and oxygen atoms in total. The Morgan fingerprint density at radius 2 is 1.72 bits per heavy atom. The molecule has 3 aromatic rings. The highest BCUT2D eigenvalue weighted by Gasteiger charge is 2.47. The number of esters is 1. The summed E-state index contributed by atoms with van der Waals surface area (Å²) in [5.74, 6) is -1.87. The summed E-state index contributed by atoms with van der Waals surface area (Å²) in [6.45, 7) is 1.76. The van der Waals surface area contributed by atoms with Crippen molar-refractivity contribution in [3.05, 3.63) is 94.6 Å². The molecule has 0 radical (unpaired) electrons. The number of anilines is 1. The fourth-order valence-corrected chi connectivity index (χ4v) is 4.30. The summed E-state index contributed by atoms with van der Waals surface area (Å²) in [5.41, 5.74) is 2.44. The summed E-state index contributed by atoms with van der Waals surface area (Å²) in [7, 11) is 2.83. The number of carbonyl (C=O) groups excluding carboxylic acids is 3. The normalized spacial score (nSPS) is 16.8. The number of Topliss-reactive ketones (excluding diaryl/α,β-unsaturated/α-hetero) is 1. The van der Waals surface area contributed by atoms with Gasteiger partial charge in [-0.15, -0.1) is 0 Å². The highest BCUT2D eigenvalue weighted by atomic mass is 16.5. The lowest BCUT2D eigenvalue weighted by Gasteiger charge is -2.26. The summed E-state index contributed by atoms with van der Waals surface area (Å²) in [6, 6.07) is 16.8. The summed E-state index contributed by atoms with van der Waals surface area (Å²) in [4.78, 5) is 39.5. The fraction of sp³-hybridized carbons (Fsp3) is 0.179. The van der Waals surface area contributed by atoms with E-state index in [1.165, 1.54) is 31.3 Å². The molecule has 0 spiro atoms. The van der Waals surface area contributed by atoms with Gasteiger partial charge in [0.25, 0.3) is 11.7 Å². The van der Waals surface area contributed by atoms with Gasteiger partial charge in [-0.3, -0.25) is 19.3 Å². The zero-order valence-electron chi connectivity index (χ0n) is 20.0. The van der Waals surface area contributed by atoms with Crippen LogP contribution in [0.15, 0.2) is 72.3 Å². The van der Waals surface area contributed by atoms with Crippen LogP contribution in [0.25, 0.3) is 5.76 Å². The number of phenols is 1. The lowest BCUT2D eigenvalue weighted by Crippen LogP contribution is -2.29. The maximum atomic E-state index is 13.3. The van der Waals surface area contributed by atoms with E-state index in [0.717, 1.165) is 0 Å². The molecule has 0 bridgehead atoms. The van der Waals surface area contributed by atoms with Gasteiger partial charge in [0.2, 0.25) is 0 Å². The highest BCUT2D eigenvalue weighted by molar-refractivity contribution is 6.51. The van der Waals surface area contributed by atoms with Crippen molar-refractivity contribution in [3.63, 3.8) is 0 Å².